The van der Waals surface area contributed by atoms with E-state index in [0.717, 1.165) is 22.4 Å². The van der Waals surface area contributed by atoms with Crippen LogP contribution in [0.4, 0.5) is 5.82 Å². The zero-order valence-corrected chi connectivity index (χ0v) is 14.7. The summed E-state index contributed by atoms with van der Waals surface area (Å²) in [5, 5.41) is 9.83. The lowest BCUT2D eigenvalue weighted by Crippen LogP contribution is -1.92. The Hall–Kier alpha value is -1.25. The van der Waals surface area contributed by atoms with Gasteiger partial charge >= 0.3 is 0 Å². The quantitative estimate of drug-likeness (QED) is 0.593. The summed E-state index contributed by atoms with van der Waals surface area (Å²) >= 11 is 10.1. The summed E-state index contributed by atoms with van der Waals surface area (Å²) in [4.78, 5) is 0. The number of nitrogens with two attached hydrogens (primary N) is 1. The average molecular weight is 432 g/mol. The molecule has 0 bridgehead atoms. The van der Waals surface area contributed by atoms with Crippen LogP contribution in [0.25, 0.3) is 22.4 Å². The van der Waals surface area contributed by atoms with Gasteiger partial charge in [-0.15, -0.1) is 11.3 Å². The van der Waals surface area contributed by atoms with Crippen molar-refractivity contribution in [2.24, 2.45) is 0 Å². The molecule has 0 aliphatic rings. The molecule has 7 heteroatoms. The van der Waals surface area contributed by atoms with E-state index in [2.05, 4.69) is 44.2 Å². The Morgan fingerprint density at radius 2 is 2.19 bits per heavy atom. The summed E-state index contributed by atoms with van der Waals surface area (Å²) in [6.07, 6.45) is 0. The first kappa shape index (κ1) is 14.7. The average Bonchev–Trinajstić information content (AvgIpc) is 3.04. The van der Waals surface area contributed by atoms with Crippen LogP contribution in [0, 0.1) is 2.88 Å². The van der Waals surface area contributed by atoms with E-state index in [1.165, 1.54) is 2.88 Å². The van der Waals surface area contributed by atoms with Crippen LogP contribution < -0.4 is 10.5 Å². The summed E-state index contributed by atoms with van der Waals surface area (Å²) in [7, 11) is 1.62. The van der Waals surface area contributed by atoms with E-state index in [1.54, 1.807) is 24.5 Å². The molecule has 0 fully saturated rings. The third kappa shape index (κ3) is 2.75. The number of hydrogen-bond donors (Lipinski definition) is 2. The number of aromatic amines is 1. The number of halogens is 2. The van der Waals surface area contributed by atoms with Gasteiger partial charge in [0.2, 0.25) is 0 Å². The smallest absolute Gasteiger partial charge is 0.153 e. The molecule has 3 N–H and O–H groups in total. The van der Waals surface area contributed by atoms with Crippen LogP contribution in [-0.4, -0.2) is 17.3 Å². The Balaban J connectivity index is 2.24. The van der Waals surface area contributed by atoms with Gasteiger partial charge in [0, 0.05) is 21.5 Å². The Bertz CT molecular complexity index is 799. The molecule has 0 unspecified atom stereocenters. The molecular formula is C14H11ClIN3OS. The van der Waals surface area contributed by atoms with E-state index in [1.807, 2.05) is 12.1 Å². The van der Waals surface area contributed by atoms with Crippen molar-refractivity contribution >= 4 is 51.3 Å². The molecule has 108 valence electrons. The first-order valence-corrected chi connectivity index (χ1v) is 8.36. The number of rotatable bonds is 3. The molecule has 0 spiro atoms. The highest BCUT2D eigenvalue weighted by Crippen LogP contribution is 2.41. The third-order valence-electron chi connectivity index (χ3n) is 3.08. The minimum atomic E-state index is 0.423. The number of anilines is 1. The molecule has 0 amide bonds. The number of ether oxygens (including phenoxy) is 1. The summed E-state index contributed by atoms with van der Waals surface area (Å²) in [6.45, 7) is 0. The Morgan fingerprint density at radius 3 is 2.86 bits per heavy atom. The number of thiophene rings is 1. The zero-order chi connectivity index (χ0) is 15.0. The van der Waals surface area contributed by atoms with Crippen molar-refractivity contribution in [3.63, 3.8) is 0 Å². The molecule has 0 aliphatic carbocycles. The van der Waals surface area contributed by atoms with Crippen LogP contribution in [0.2, 0.25) is 5.02 Å². The Kier molecular flexibility index (Phi) is 4.10. The second kappa shape index (κ2) is 5.86. The fraction of sp³-hybridized carbons (Fsp3) is 0.0714. The molecule has 3 rings (SSSR count). The lowest BCUT2D eigenvalue weighted by molar-refractivity contribution is 0.416. The lowest BCUT2D eigenvalue weighted by atomic mass is 10.0. The fourth-order valence-corrected chi connectivity index (χ4v) is 3.66. The molecule has 1 aromatic carbocycles. The van der Waals surface area contributed by atoms with E-state index in [-0.39, 0.29) is 0 Å². The molecule has 0 saturated carbocycles. The predicted molar refractivity (Wildman–Crippen MR) is 96.0 cm³/mol. The minimum absolute atomic E-state index is 0.423. The van der Waals surface area contributed by atoms with Gasteiger partial charge < -0.3 is 10.5 Å². The van der Waals surface area contributed by atoms with Crippen LogP contribution in [0.5, 0.6) is 5.75 Å². The summed E-state index contributed by atoms with van der Waals surface area (Å²) in [5.74, 6) is 1.13. The maximum Gasteiger partial charge on any atom is 0.153 e. The van der Waals surface area contributed by atoms with E-state index >= 15 is 0 Å². The lowest BCUT2D eigenvalue weighted by Gasteiger charge is -2.10. The summed E-state index contributed by atoms with van der Waals surface area (Å²) in [6, 6.07) is 7.53. The highest BCUT2D eigenvalue weighted by atomic mass is 127. The van der Waals surface area contributed by atoms with Crippen LogP contribution in [-0.2, 0) is 0 Å². The molecule has 4 nitrogen and oxygen atoms in total. The summed E-state index contributed by atoms with van der Waals surface area (Å²) in [5.41, 5.74) is 9.60. The van der Waals surface area contributed by atoms with Crippen LogP contribution in [0.1, 0.15) is 0 Å². The minimum Gasteiger partial charge on any atom is -0.496 e. The second-order valence-electron chi connectivity index (χ2n) is 4.34. The number of benzene rings is 1. The largest absolute Gasteiger partial charge is 0.496 e. The zero-order valence-electron chi connectivity index (χ0n) is 11.0. The Labute approximate surface area is 144 Å². The second-order valence-corrected chi connectivity index (χ2v) is 7.58. The molecule has 2 heterocycles. The van der Waals surface area contributed by atoms with E-state index < -0.39 is 0 Å². The van der Waals surface area contributed by atoms with Crippen molar-refractivity contribution < 1.29 is 4.74 Å². The van der Waals surface area contributed by atoms with Crippen molar-refractivity contribution in [3.05, 3.63) is 37.6 Å². The number of aromatic nitrogens is 2. The molecule has 0 saturated heterocycles. The number of methoxy groups -OCH3 is 1. The standard InChI is InChI=1S/C14H11ClIN3OS/c1-20-10-3-2-8(15)5-9(10)12-13(18-19-14(12)17)7-4-11(16)21-6-7/h2-6H,1H3,(H3,17,18,19). The monoisotopic (exact) mass is 431 g/mol. The van der Waals surface area contributed by atoms with Gasteiger partial charge in [-0.3, -0.25) is 5.10 Å². The number of H-pyrrole nitrogens is 1. The number of nitrogens with one attached hydrogen (secondary N) is 1. The summed E-state index contributed by atoms with van der Waals surface area (Å²) < 4.78 is 6.61. The first-order valence-electron chi connectivity index (χ1n) is 6.02. The first-order chi connectivity index (χ1) is 10.1. The van der Waals surface area contributed by atoms with Crippen LogP contribution in [0.3, 0.4) is 0 Å². The third-order valence-corrected chi connectivity index (χ3v) is 5.11. The molecule has 2 aromatic heterocycles. The number of hydrogen-bond acceptors (Lipinski definition) is 4. The van der Waals surface area contributed by atoms with Crippen molar-refractivity contribution in [3.8, 4) is 28.1 Å². The van der Waals surface area contributed by atoms with E-state index in [9.17, 15) is 0 Å². The van der Waals surface area contributed by atoms with Crippen molar-refractivity contribution in [1.82, 2.24) is 10.2 Å². The van der Waals surface area contributed by atoms with Crippen LogP contribution in [0.15, 0.2) is 29.6 Å². The van der Waals surface area contributed by atoms with Gasteiger partial charge in [0.15, 0.2) is 5.82 Å². The van der Waals surface area contributed by atoms with Gasteiger partial charge in [-0.1, -0.05) is 11.6 Å². The molecule has 0 aliphatic heterocycles. The van der Waals surface area contributed by atoms with Gasteiger partial charge in [0.1, 0.15) is 5.75 Å². The Morgan fingerprint density at radius 1 is 1.38 bits per heavy atom. The number of nitrogen functional groups attached to an aromatic ring is 1. The van der Waals surface area contributed by atoms with Crippen molar-refractivity contribution in [2.45, 2.75) is 0 Å². The maximum atomic E-state index is 6.12. The van der Waals surface area contributed by atoms with Crippen molar-refractivity contribution in [1.29, 1.82) is 0 Å². The van der Waals surface area contributed by atoms with Crippen molar-refractivity contribution in [2.75, 3.05) is 12.8 Å². The van der Waals surface area contributed by atoms with Gasteiger partial charge in [0.25, 0.3) is 0 Å². The van der Waals surface area contributed by atoms with Gasteiger partial charge in [-0.25, -0.2) is 0 Å². The van der Waals surface area contributed by atoms with Gasteiger partial charge in [-0.05, 0) is 46.9 Å². The normalized spacial score (nSPS) is 10.8. The van der Waals surface area contributed by atoms with Gasteiger partial charge in [-0.2, -0.15) is 5.10 Å². The molecule has 0 atom stereocenters. The topological polar surface area (TPSA) is 63.9 Å². The fourth-order valence-electron chi connectivity index (χ4n) is 2.15. The maximum absolute atomic E-state index is 6.12. The van der Waals surface area contributed by atoms with E-state index in [0.29, 0.717) is 16.6 Å². The molecule has 0 radical (unpaired) electrons. The SMILES string of the molecule is COc1ccc(Cl)cc1-c1c(N)n[nH]c1-c1csc(I)c1. The van der Waals surface area contributed by atoms with Crippen LogP contribution >= 0.6 is 45.5 Å². The molecule has 21 heavy (non-hydrogen) atoms. The van der Waals surface area contributed by atoms with E-state index in [4.69, 9.17) is 22.1 Å². The number of nitrogens with zero attached hydrogens (tertiary/aromatic N) is 1. The predicted octanol–water partition coefficient (Wildman–Crippen LogP) is 4.65. The van der Waals surface area contributed by atoms with Gasteiger partial charge in [0.05, 0.1) is 21.3 Å². The molecule has 3 aromatic rings. The highest BCUT2D eigenvalue weighted by molar-refractivity contribution is 14.1. The highest BCUT2D eigenvalue weighted by Gasteiger charge is 2.19. The molecular weight excluding hydrogens is 421 g/mol.